The predicted octanol–water partition coefficient (Wildman–Crippen LogP) is 1.13. The third-order valence-corrected chi connectivity index (χ3v) is 2.34. The summed E-state index contributed by atoms with van der Waals surface area (Å²) in [5.74, 6) is 0.366. The molecule has 1 heterocycles. The van der Waals surface area contributed by atoms with Gasteiger partial charge in [0.25, 0.3) is 5.91 Å². The maximum absolute atomic E-state index is 11.3. The predicted molar refractivity (Wildman–Crippen MR) is 56.0 cm³/mol. The number of halogens is 1. The van der Waals surface area contributed by atoms with Gasteiger partial charge in [0.1, 0.15) is 4.88 Å². The minimum atomic E-state index is -0.109. The molecule has 1 amide bonds. The number of carbonyl (C=O) groups excluding carboxylic acids is 1. The van der Waals surface area contributed by atoms with Crippen LogP contribution in [0.25, 0.3) is 0 Å². The van der Waals surface area contributed by atoms with Crippen LogP contribution >= 0.6 is 22.9 Å². The highest BCUT2D eigenvalue weighted by Gasteiger charge is 2.05. The summed E-state index contributed by atoms with van der Waals surface area (Å²) in [6, 6.07) is 0. The van der Waals surface area contributed by atoms with Gasteiger partial charge in [-0.1, -0.05) is 0 Å². The number of ether oxygens (including phenoxy) is 1. The van der Waals surface area contributed by atoms with Gasteiger partial charge in [-0.2, -0.15) is 0 Å². The van der Waals surface area contributed by atoms with E-state index in [4.69, 9.17) is 16.3 Å². The minimum Gasteiger partial charge on any atom is -0.378 e. The van der Waals surface area contributed by atoms with Gasteiger partial charge in [0.15, 0.2) is 0 Å². The molecule has 0 unspecified atom stereocenters. The van der Waals surface area contributed by atoms with E-state index in [-0.39, 0.29) is 5.91 Å². The number of nitrogens with one attached hydrogen (secondary N) is 1. The topological polar surface area (TPSA) is 51.2 Å². The van der Waals surface area contributed by atoms with Crippen molar-refractivity contribution in [2.24, 2.45) is 0 Å². The molecule has 14 heavy (non-hydrogen) atoms. The first-order valence-corrected chi connectivity index (χ1v) is 5.56. The van der Waals surface area contributed by atoms with Crippen LogP contribution in [-0.2, 0) is 4.74 Å². The van der Waals surface area contributed by atoms with Crippen molar-refractivity contribution in [1.82, 2.24) is 10.3 Å². The summed E-state index contributed by atoms with van der Waals surface area (Å²) in [5.41, 5.74) is 1.62. The molecule has 4 nitrogen and oxygen atoms in total. The molecule has 0 aliphatic carbocycles. The van der Waals surface area contributed by atoms with Gasteiger partial charge >= 0.3 is 0 Å². The highest BCUT2D eigenvalue weighted by molar-refractivity contribution is 7.11. The van der Waals surface area contributed by atoms with Gasteiger partial charge in [-0.3, -0.25) is 9.78 Å². The molecule has 0 aliphatic heterocycles. The van der Waals surface area contributed by atoms with Gasteiger partial charge in [0.05, 0.1) is 24.9 Å². The maximum Gasteiger partial charge on any atom is 0.263 e. The fourth-order valence-electron chi connectivity index (χ4n) is 0.808. The van der Waals surface area contributed by atoms with Gasteiger partial charge in [-0.15, -0.1) is 22.9 Å². The first-order valence-electron chi connectivity index (χ1n) is 4.15. The van der Waals surface area contributed by atoms with Crippen LogP contribution in [0.2, 0.25) is 0 Å². The van der Waals surface area contributed by atoms with Crippen molar-refractivity contribution in [2.45, 2.75) is 0 Å². The summed E-state index contributed by atoms with van der Waals surface area (Å²) in [5, 5.41) is 2.71. The molecule has 0 fully saturated rings. The van der Waals surface area contributed by atoms with Gasteiger partial charge in [-0.05, 0) is 0 Å². The average Bonchev–Trinajstić information content (AvgIpc) is 2.70. The molecule has 0 spiro atoms. The standard InChI is InChI=1S/C8H11ClN2O2S/c9-1-3-13-4-2-11-8(12)7-5-10-6-14-7/h5-6H,1-4H2,(H,11,12). The SMILES string of the molecule is O=C(NCCOCCCl)c1cncs1. The molecule has 0 bridgehead atoms. The number of aromatic nitrogens is 1. The number of alkyl halides is 1. The quantitative estimate of drug-likeness (QED) is 0.593. The van der Waals surface area contributed by atoms with E-state index in [0.29, 0.717) is 30.5 Å². The van der Waals surface area contributed by atoms with E-state index in [1.807, 2.05) is 0 Å². The largest absolute Gasteiger partial charge is 0.378 e. The van der Waals surface area contributed by atoms with Crippen LogP contribution in [0, 0.1) is 0 Å². The third-order valence-electron chi connectivity index (χ3n) is 1.41. The Labute approximate surface area is 91.2 Å². The normalized spacial score (nSPS) is 10.1. The monoisotopic (exact) mass is 234 g/mol. The molecule has 0 atom stereocenters. The van der Waals surface area contributed by atoms with Crippen molar-refractivity contribution in [3.63, 3.8) is 0 Å². The summed E-state index contributed by atoms with van der Waals surface area (Å²) >= 11 is 6.72. The molecule has 1 aromatic rings. The van der Waals surface area contributed by atoms with Crippen molar-refractivity contribution < 1.29 is 9.53 Å². The zero-order chi connectivity index (χ0) is 10.2. The summed E-state index contributed by atoms with van der Waals surface area (Å²) < 4.78 is 5.09. The van der Waals surface area contributed by atoms with Crippen LogP contribution in [-0.4, -0.2) is 36.5 Å². The van der Waals surface area contributed by atoms with E-state index in [0.717, 1.165) is 0 Å². The number of carbonyl (C=O) groups is 1. The van der Waals surface area contributed by atoms with Crippen molar-refractivity contribution in [1.29, 1.82) is 0 Å². The Morgan fingerprint density at radius 2 is 2.50 bits per heavy atom. The molecule has 1 N–H and O–H groups in total. The molecular formula is C8H11ClN2O2S. The molecular weight excluding hydrogens is 224 g/mol. The number of hydrogen-bond acceptors (Lipinski definition) is 4. The zero-order valence-corrected chi connectivity index (χ0v) is 9.11. The Bertz CT molecular complexity index is 266. The van der Waals surface area contributed by atoms with E-state index in [1.54, 1.807) is 11.7 Å². The van der Waals surface area contributed by atoms with Crippen LogP contribution < -0.4 is 5.32 Å². The molecule has 0 aromatic carbocycles. The van der Waals surface area contributed by atoms with Crippen molar-refractivity contribution in [3.05, 3.63) is 16.6 Å². The zero-order valence-electron chi connectivity index (χ0n) is 7.53. The highest BCUT2D eigenvalue weighted by Crippen LogP contribution is 2.03. The van der Waals surface area contributed by atoms with Gasteiger partial charge in [0.2, 0.25) is 0 Å². The van der Waals surface area contributed by atoms with Crippen LogP contribution in [0.15, 0.2) is 11.7 Å². The van der Waals surface area contributed by atoms with Crippen LogP contribution in [0.1, 0.15) is 9.67 Å². The number of rotatable bonds is 6. The Morgan fingerprint density at radius 1 is 1.64 bits per heavy atom. The number of amides is 1. The molecule has 0 aliphatic rings. The van der Waals surface area contributed by atoms with Gasteiger partial charge < -0.3 is 10.1 Å². The summed E-state index contributed by atoms with van der Waals surface area (Å²) in [6.07, 6.45) is 1.54. The fraction of sp³-hybridized carbons (Fsp3) is 0.500. The van der Waals surface area contributed by atoms with Crippen molar-refractivity contribution in [3.8, 4) is 0 Å². The molecule has 78 valence electrons. The second-order valence-corrected chi connectivity index (χ2v) is 3.69. The summed E-state index contributed by atoms with van der Waals surface area (Å²) in [7, 11) is 0. The lowest BCUT2D eigenvalue weighted by Crippen LogP contribution is -2.26. The first kappa shape index (κ1) is 11.4. The second kappa shape index (κ2) is 6.75. The number of thiazole rings is 1. The Hall–Kier alpha value is -0.650. The maximum atomic E-state index is 11.3. The Morgan fingerprint density at radius 3 is 3.14 bits per heavy atom. The van der Waals surface area contributed by atoms with E-state index >= 15 is 0 Å². The van der Waals surface area contributed by atoms with E-state index < -0.39 is 0 Å². The lowest BCUT2D eigenvalue weighted by atomic mass is 10.5. The van der Waals surface area contributed by atoms with E-state index in [1.165, 1.54) is 11.3 Å². The highest BCUT2D eigenvalue weighted by atomic mass is 35.5. The van der Waals surface area contributed by atoms with Crippen LogP contribution in [0.3, 0.4) is 0 Å². The molecule has 1 aromatic heterocycles. The number of hydrogen-bond donors (Lipinski definition) is 1. The lowest BCUT2D eigenvalue weighted by Gasteiger charge is -2.03. The third kappa shape index (κ3) is 4.04. The minimum absolute atomic E-state index is 0.109. The molecule has 0 saturated carbocycles. The summed E-state index contributed by atoms with van der Waals surface area (Å²) in [4.78, 5) is 15.7. The first-order chi connectivity index (χ1) is 6.84. The smallest absolute Gasteiger partial charge is 0.263 e. The Balaban J connectivity index is 2.10. The Kier molecular flexibility index (Phi) is 5.51. The number of nitrogens with zero attached hydrogens (tertiary/aromatic N) is 1. The molecule has 0 radical (unpaired) electrons. The molecule has 0 saturated heterocycles. The van der Waals surface area contributed by atoms with Gasteiger partial charge in [-0.25, -0.2) is 0 Å². The van der Waals surface area contributed by atoms with Crippen LogP contribution in [0.5, 0.6) is 0 Å². The summed E-state index contributed by atoms with van der Waals surface area (Å²) in [6.45, 7) is 1.49. The average molecular weight is 235 g/mol. The molecule has 6 heteroatoms. The fourth-order valence-corrected chi connectivity index (χ4v) is 1.45. The van der Waals surface area contributed by atoms with E-state index in [2.05, 4.69) is 10.3 Å². The second-order valence-electron chi connectivity index (χ2n) is 2.42. The van der Waals surface area contributed by atoms with Crippen molar-refractivity contribution in [2.75, 3.05) is 25.6 Å². The van der Waals surface area contributed by atoms with Crippen molar-refractivity contribution >= 4 is 28.8 Å². The van der Waals surface area contributed by atoms with Gasteiger partial charge in [0, 0.05) is 12.4 Å². The molecule has 1 rings (SSSR count). The lowest BCUT2D eigenvalue weighted by molar-refractivity contribution is 0.0927. The van der Waals surface area contributed by atoms with Crippen LogP contribution in [0.4, 0.5) is 0 Å². The van der Waals surface area contributed by atoms with E-state index in [9.17, 15) is 4.79 Å².